The third-order valence-corrected chi connectivity index (χ3v) is 10.5. The van der Waals surface area contributed by atoms with Crippen LogP contribution >= 0.6 is 0 Å². The van der Waals surface area contributed by atoms with E-state index in [0.29, 0.717) is 19.0 Å². The van der Waals surface area contributed by atoms with E-state index in [1.165, 1.54) is 11.3 Å². The Balaban J connectivity index is 1.56. The van der Waals surface area contributed by atoms with E-state index in [9.17, 15) is 4.79 Å². The van der Waals surface area contributed by atoms with Crippen LogP contribution in [0.1, 0.15) is 130 Å². The van der Waals surface area contributed by atoms with Gasteiger partial charge in [0.05, 0.1) is 29.3 Å². The van der Waals surface area contributed by atoms with Crippen LogP contribution in [0.15, 0.2) is 42.6 Å². The molecule has 1 fully saturated rings. The maximum Gasteiger partial charge on any atom is 0.410 e. The lowest BCUT2D eigenvalue weighted by molar-refractivity contribution is -0.0394. The summed E-state index contributed by atoms with van der Waals surface area (Å²) in [6, 6.07) is 12.0. The van der Waals surface area contributed by atoms with Gasteiger partial charge in [-0.05, 0) is 82.1 Å². The highest BCUT2D eigenvalue weighted by molar-refractivity contribution is 5.69. The van der Waals surface area contributed by atoms with Crippen LogP contribution in [-0.2, 0) is 26.8 Å². The van der Waals surface area contributed by atoms with E-state index in [0.717, 1.165) is 55.1 Å². The fourth-order valence-electron chi connectivity index (χ4n) is 7.11. The van der Waals surface area contributed by atoms with E-state index in [-0.39, 0.29) is 23.2 Å². The topological polar surface area (TPSA) is 82.4 Å². The van der Waals surface area contributed by atoms with E-state index < -0.39 is 11.0 Å². The van der Waals surface area contributed by atoms with Crippen molar-refractivity contribution in [2.24, 2.45) is 5.41 Å². The van der Waals surface area contributed by atoms with Crippen molar-refractivity contribution in [2.45, 2.75) is 130 Å². The maximum atomic E-state index is 13.5. The lowest BCUT2D eigenvalue weighted by atomic mass is 9.63. The minimum absolute atomic E-state index is 0.0386. The van der Waals surface area contributed by atoms with E-state index in [1.807, 2.05) is 39.0 Å². The van der Waals surface area contributed by atoms with Gasteiger partial charge < -0.3 is 14.4 Å². The Morgan fingerprint density at radius 3 is 2.47 bits per heavy atom. The van der Waals surface area contributed by atoms with Gasteiger partial charge in [-0.2, -0.15) is 5.10 Å². The Morgan fingerprint density at radius 2 is 1.84 bits per heavy atom. The van der Waals surface area contributed by atoms with Crippen LogP contribution in [0.2, 0.25) is 0 Å². The molecule has 8 heteroatoms. The summed E-state index contributed by atoms with van der Waals surface area (Å²) in [4.78, 5) is 25.1. The molecule has 0 saturated carbocycles. The van der Waals surface area contributed by atoms with Gasteiger partial charge in [0.1, 0.15) is 5.60 Å². The molecule has 8 nitrogen and oxygen atoms in total. The smallest absolute Gasteiger partial charge is 0.410 e. The van der Waals surface area contributed by atoms with Gasteiger partial charge in [-0.3, -0.25) is 9.97 Å². The van der Waals surface area contributed by atoms with Gasteiger partial charge in [-0.1, -0.05) is 60.6 Å². The van der Waals surface area contributed by atoms with Gasteiger partial charge in [0.15, 0.2) is 6.23 Å². The van der Waals surface area contributed by atoms with E-state index >= 15 is 0 Å². The molecule has 5 rings (SSSR count). The summed E-state index contributed by atoms with van der Waals surface area (Å²) in [5.41, 5.74) is 5.05. The molecular weight excluding hydrogens is 562 g/mol. The maximum absolute atomic E-state index is 13.5. The summed E-state index contributed by atoms with van der Waals surface area (Å²) in [6.07, 6.45) is 5.44. The minimum Gasteiger partial charge on any atom is -0.444 e. The largest absolute Gasteiger partial charge is 0.444 e. The highest BCUT2D eigenvalue weighted by atomic mass is 16.6. The minimum atomic E-state index is -0.612. The predicted molar refractivity (Wildman–Crippen MR) is 178 cm³/mol. The second-order valence-electron chi connectivity index (χ2n) is 15.5. The van der Waals surface area contributed by atoms with Crippen molar-refractivity contribution < 1.29 is 14.3 Å². The Bertz CT molecular complexity index is 1500. The molecule has 1 amide bonds. The fraction of sp³-hybridized carbons (Fsp3) is 0.622. The third-order valence-electron chi connectivity index (χ3n) is 10.5. The molecule has 0 N–H and O–H groups in total. The van der Waals surface area contributed by atoms with Crippen molar-refractivity contribution in [1.29, 1.82) is 0 Å². The summed E-state index contributed by atoms with van der Waals surface area (Å²) in [7, 11) is 0. The molecule has 0 bridgehead atoms. The first-order valence-electron chi connectivity index (χ1n) is 16.7. The van der Waals surface area contributed by atoms with E-state index in [4.69, 9.17) is 19.6 Å². The quantitative estimate of drug-likeness (QED) is 0.252. The summed E-state index contributed by atoms with van der Waals surface area (Å²) in [6.45, 7) is 23.2. The van der Waals surface area contributed by atoms with Crippen LogP contribution in [0.4, 0.5) is 4.79 Å². The number of hydrogen-bond acceptors (Lipinski definition) is 6. The average Bonchev–Trinajstić information content (AvgIpc) is 3.46. The van der Waals surface area contributed by atoms with Crippen LogP contribution in [0.3, 0.4) is 0 Å². The molecule has 0 aromatic carbocycles. The van der Waals surface area contributed by atoms with Crippen molar-refractivity contribution in [1.82, 2.24) is 24.6 Å². The zero-order valence-electron chi connectivity index (χ0n) is 29.1. The summed E-state index contributed by atoms with van der Waals surface area (Å²) < 4.78 is 14.3. The zero-order chi connectivity index (χ0) is 32.8. The molecule has 3 unspecified atom stereocenters. The highest BCUT2D eigenvalue weighted by Gasteiger charge is 2.56. The molecule has 4 heterocycles. The Morgan fingerprint density at radius 1 is 1.09 bits per heavy atom. The average molecular weight is 616 g/mol. The number of aromatic nitrogens is 4. The van der Waals surface area contributed by atoms with Gasteiger partial charge in [-0.25, -0.2) is 9.48 Å². The van der Waals surface area contributed by atoms with Gasteiger partial charge in [0.25, 0.3) is 0 Å². The standard InChI is InChI=1S/C37H53N5O3/c1-11-37(10)32-30(25(2)36(37,8)9)31(42(40-32)29-20-13-15-22-44-29)27-18-16-19-28(39-27)35(6,7)24-41(33(43)45-34(3,4)5)23-26-17-12-14-21-38-26/h12,14,16-19,21,25,29H,11,13,15,20,22-24H2,1-10H3. The van der Waals surface area contributed by atoms with Gasteiger partial charge in [-0.15, -0.1) is 0 Å². The SMILES string of the molecule is CCC1(C)c2nn(C3CCCCO3)c(-c3cccc(C(C)(C)CN(Cc4ccccn4)C(=O)OC(C)(C)C)n3)c2C(C)C1(C)C. The molecular formula is C37H53N5O3. The highest BCUT2D eigenvalue weighted by Crippen LogP contribution is 2.61. The number of hydrogen-bond donors (Lipinski definition) is 0. The molecule has 1 aliphatic heterocycles. The van der Waals surface area contributed by atoms with E-state index in [2.05, 4.69) is 76.3 Å². The molecule has 3 aromatic heterocycles. The van der Waals surface area contributed by atoms with Crippen LogP contribution in [-0.4, -0.2) is 49.5 Å². The molecule has 3 atom stereocenters. The number of nitrogens with zero attached hydrogens (tertiary/aromatic N) is 5. The third kappa shape index (κ3) is 6.27. The van der Waals surface area contributed by atoms with Crippen LogP contribution in [0, 0.1) is 5.41 Å². The van der Waals surface area contributed by atoms with Gasteiger partial charge in [0, 0.05) is 41.4 Å². The summed E-state index contributed by atoms with van der Waals surface area (Å²) >= 11 is 0. The van der Waals surface area contributed by atoms with Gasteiger partial charge >= 0.3 is 6.09 Å². The monoisotopic (exact) mass is 615 g/mol. The molecule has 0 radical (unpaired) electrons. The first-order chi connectivity index (χ1) is 21.1. The molecule has 2 aliphatic rings. The molecule has 45 heavy (non-hydrogen) atoms. The number of carbonyl (C=O) groups is 1. The Labute approximate surface area is 269 Å². The fourth-order valence-corrected chi connectivity index (χ4v) is 7.11. The van der Waals surface area contributed by atoms with Crippen LogP contribution < -0.4 is 0 Å². The van der Waals surface area contributed by atoms with Gasteiger partial charge in [0.2, 0.25) is 0 Å². The van der Waals surface area contributed by atoms with Crippen molar-refractivity contribution in [3.8, 4) is 11.4 Å². The summed E-state index contributed by atoms with van der Waals surface area (Å²) in [5.74, 6) is 0.296. The number of pyridine rings is 2. The van der Waals surface area contributed by atoms with Crippen LogP contribution in [0.5, 0.6) is 0 Å². The molecule has 244 valence electrons. The number of rotatable bonds is 8. The second kappa shape index (κ2) is 12.2. The first-order valence-corrected chi connectivity index (χ1v) is 16.7. The van der Waals surface area contributed by atoms with Crippen molar-refractivity contribution in [3.05, 3.63) is 65.2 Å². The normalized spacial score (nSPS) is 23.1. The number of fused-ring (bicyclic) bond motifs is 1. The molecule has 3 aromatic rings. The molecule has 1 saturated heterocycles. The first kappa shape index (κ1) is 33.1. The van der Waals surface area contributed by atoms with Crippen molar-refractivity contribution in [3.63, 3.8) is 0 Å². The van der Waals surface area contributed by atoms with E-state index in [1.54, 1.807) is 11.1 Å². The number of ether oxygens (including phenoxy) is 2. The summed E-state index contributed by atoms with van der Waals surface area (Å²) in [5, 5.41) is 5.38. The Hall–Kier alpha value is -3.26. The lowest BCUT2D eigenvalue weighted by Gasteiger charge is -2.41. The lowest BCUT2D eigenvalue weighted by Crippen LogP contribution is -2.43. The van der Waals surface area contributed by atoms with Crippen molar-refractivity contribution in [2.75, 3.05) is 13.2 Å². The van der Waals surface area contributed by atoms with Crippen molar-refractivity contribution >= 4 is 6.09 Å². The number of amides is 1. The second-order valence-corrected chi connectivity index (χ2v) is 15.5. The van der Waals surface area contributed by atoms with Crippen LogP contribution in [0.25, 0.3) is 11.4 Å². The Kier molecular flexibility index (Phi) is 8.95. The predicted octanol–water partition coefficient (Wildman–Crippen LogP) is 8.57. The zero-order valence-corrected chi connectivity index (χ0v) is 29.1. The molecule has 0 spiro atoms. The molecule has 1 aliphatic carbocycles. The number of carbonyl (C=O) groups excluding carboxylic acids is 1.